The monoisotopic (exact) mass is 349 g/mol. The lowest BCUT2D eigenvalue weighted by Crippen LogP contribution is -2.10. The molecule has 0 saturated carbocycles. The Morgan fingerprint density at radius 2 is 1.60 bits per heavy atom. The van der Waals surface area contributed by atoms with Crippen molar-refractivity contribution in [2.75, 3.05) is 0 Å². The molecule has 0 aromatic heterocycles. The number of halogens is 2. The summed E-state index contributed by atoms with van der Waals surface area (Å²) in [5.41, 5.74) is 3.18. The fourth-order valence-corrected chi connectivity index (χ4v) is 2.41. The zero-order valence-electron chi connectivity index (χ0n) is 11.8. The topological polar surface area (TPSA) is 12.4 Å². The van der Waals surface area contributed by atoms with Gasteiger partial charge in [0.25, 0.3) is 0 Å². The van der Waals surface area contributed by atoms with E-state index in [1.54, 1.807) is 0 Å². The van der Waals surface area contributed by atoms with Crippen LogP contribution in [0, 0.1) is 0 Å². The van der Waals surface area contributed by atoms with E-state index in [4.69, 9.17) is 11.6 Å². The summed E-state index contributed by atoms with van der Waals surface area (Å²) in [6.45, 7) is 6.58. The first-order chi connectivity index (χ1) is 9.38. The molecule has 0 spiro atoms. The zero-order chi connectivity index (χ0) is 14.8. The maximum atomic E-state index is 6.31. The van der Waals surface area contributed by atoms with E-state index in [0.29, 0.717) is 5.17 Å². The van der Waals surface area contributed by atoms with Crippen LogP contribution >= 0.6 is 27.5 Å². The molecule has 3 heteroatoms. The Kier molecular flexibility index (Phi) is 4.66. The number of benzene rings is 2. The summed E-state index contributed by atoms with van der Waals surface area (Å²) in [5.74, 6) is 0. The van der Waals surface area contributed by atoms with Gasteiger partial charge in [-0.2, -0.15) is 0 Å². The lowest BCUT2D eigenvalue weighted by atomic mass is 9.87. The molecule has 0 fully saturated rings. The molecular weight excluding hydrogens is 334 g/mol. The predicted molar refractivity (Wildman–Crippen MR) is 91.3 cm³/mol. The fraction of sp³-hybridized carbons (Fsp3) is 0.235. The van der Waals surface area contributed by atoms with Crippen LogP contribution in [0.15, 0.2) is 58.0 Å². The second kappa shape index (κ2) is 6.11. The van der Waals surface area contributed by atoms with Gasteiger partial charge in [0.05, 0.1) is 5.69 Å². The smallest absolute Gasteiger partial charge is 0.136 e. The van der Waals surface area contributed by atoms with Crippen LogP contribution in [-0.2, 0) is 5.41 Å². The molecule has 0 aliphatic heterocycles. The Bertz CT molecular complexity index is 624. The molecule has 0 heterocycles. The highest BCUT2D eigenvalue weighted by atomic mass is 79.9. The number of rotatable bonds is 2. The van der Waals surface area contributed by atoms with Crippen molar-refractivity contribution in [1.29, 1.82) is 0 Å². The van der Waals surface area contributed by atoms with Gasteiger partial charge in [-0.05, 0) is 39.0 Å². The van der Waals surface area contributed by atoms with Crippen LogP contribution < -0.4 is 0 Å². The number of nitrogens with zero attached hydrogens (tertiary/aromatic N) is 1. The Hall–Kier alpha value is -1.12. The zero-order valence-corrected chi connectivity index (χ0v) is 14.2. The van der Waals surface area contributed by atoms with Crippen molar-refractivity contribution in [3.63, 3.8) is 0 Å². The molecule has 2 aromatic rings. The lowest BCUT2D eigenvalue weighted by Gasteiger charge is -2.18. The van der Waals surface area contributed by atoms with Gasteiger partial charge in [-0.3, -0.25) is 0 Å². The highest BCUT2D eigenvalue weighted by Gasteiger charge is 2.13. The maximum Gasteiger partial charge on any atom is 0.136 e. The van der Waals surface area contributed by atoms with E-state index in [1.165, 1.54) is 5.56 Å². The van der Waals surface area contributed by atoms with Crippen LogP contribution in [0.1, 0.15) is 31.9 Å². The third-order valence-corrected chi connectivity index (χ3v) is 4.03. The Balaban J connectivity index is 2.30. The first-order valence-electron chi connectivity index (χ1n) is 6.47. The molecule has 1 nitrogen and oxygen atoms in total. The third-order valence-electron chi connectivity index (χ3n) is 3.06. The van der Waals surface area contributed by atoms with Crippen LogP contribution in [-0.4, -0.2) is 5.17 Å². The second-order valence-electron chi connectivity index (χ2n) is 5.68. The van der Waals surface area contributed by atoms with Gasteiger partial charge >= 0.3 is 0 Å². The normalized spacial score (nSPS) is 12.6. The van der Waals surface area contributed by atoms with Crippen molar-refractivity contribution in [1.82, 2.24) is 0 Å². The molecule has 0 N–H and O–H groups in total. The van der Waals surface area contributed by atoms with Crippen LogP contribution in [0.5, 0.6) is 0 Å². The molecule has 20 heavy (non-hydrogen) atoms. The summed E-state index contributed by atoms with van der Waals surface area (Å²) < 4.78 is 0.935. The van der Waals surface area contributed by atoms with E-state index >= 15 is 0 Å². The van der Waals surface area contributed by atoms with Gasteiger partial charge in [0, 0.05) is 10.0 Å². The van der Waals surface area contributed by atoms with Gasteiger partial charge in [-0.25, -0.2) is 4.99 Å². The second-order valence-corrected chi connectivity index (χ2v) is 6.89. The van der Waals surface area contributed by atoms with E-state index in [0.717, 1.165) is 15.7 Å². The van der Waals surface area contributed by atoms with Gasteiger partial charge in [0.15, 0.2) is 0 Å². The van der Waals surface area contributed by atoms with E-state index in [-0.39, 0.29) is 5.41 Å². The van der Waals surface area contributed by atoms with Crippen LogP contribution in [0.2, 0.25) is 0 Å². The van der Waals surface area contributed by atoms with E-state index in [1.807, 2.05) is 36.4 Å². The molecule has 0 aliphatic carbocycles. The van der Waals surface area contributed by atoms with Gasteiger partial charge < -0.3 is 0 Å². The Morgan fingerprint density at radius 3 is 2.15 bits per heavy atom. The first kappa shape index (κ1) is 15.3. The van der Waals surface area contributed by atoms with Crippen LogP contribution in [0.25, 0.3) is 0 Å². The average molecular weight is 351 g/mol. The predicted octanol–water partition coefficient (Wildman–Crippen LogP) is 6.06. The average Bonchev–Trinajstić information content (AvgIpc) is 2.40. The minimum atomic E-state index is 0.143. The van der Waals surface area contributed by atoms with E-state index < -0.39 is 0 Å². The van der Waals surface area contributed by atoms with Gasteiger partial charge in [-0.1, -0.05) is 68.8 Å². The van der Waals surface area contributed by atoms with Crippen molar-refractivity contribution in [2.24, 2.45) is 4.99 Å². The summed E-state index contributed by atoms with van der Waals surface area (Å²) >= 11 is 9.78. The van der Waals surface area contributed by atoms with Crippen molar-refractivity contribution < 1.29 is 0 Å². The SMILES string of the molecule is CC(C)(C)c1ccc(C(Cl)=Nc2ccccc2Br)cc1. The summed E-state index contributed by atoms with van der Waals surface area (Å²) in [6, 6.07) is 16.0. The molecule has 0 radical (unpaired) electrons. The van der Waals surface area contributed by atoms with Crippen LogP contribution in [0.3, 0.4) is 0 Å². The summed E-state index contributed by atoms with van der Waals surface area (Å²) in [4.78, 5) is 4.46. The number of hydrogen-bond donors (Lipinski definition) is 0. The molecular formula is C17H17BrClN. The largest absolute Gasteiger partial charge is 0.235 e. The molecule has 0 amide bonds. The summed E-state index contributed by atoms with van der Waals surface area (Å²) in [6.07, 6.45) is 0. The standard InChI is InChI=1S/C17H17BrClN/c1-17(2,3)13-10-8-12(9-11-13)16(19)20-15-7-5-4-6-14(15)18/h4-11H,1-3H3. The molecule has 2 aromatic carbocycles. The third kappa shape index (κ3) is 3.71. The fourth-order valence-electron chi connectivity index (χ4n) is 1.82. The Morgan fingerprint density at radius 1 is 1.00 bits per heavy atom. The molecule has 0 aliphatic rings. The summed E-state index contributed by atoms with van der Waals surface area (Å²) in [7, 11) is 0. The van der Waals surface area contributed by atoms with E-state index in [2.05, 4.69) is 53.8 Å². The summed E-state index contributed by atoms with van der Waals surface area (Å²) in [5, 5.41) is 0.498. The van der Waals surface area contributed by atoms with Gasteiger partial charge in [0.2, 0.25) is 0 Å². The quantitative estimate of drug-likeness (QED) is 0.583. The number of aliphatic imine (C=N–C) groups is 1. The van der Waals surface area contributed by atoms with Gasteiger partial charge in [-0.15, -0.1) is 0 Å². The molecule has 0 unspecified atom stereocenters. The molecule has 0 bridgehead atoms. The number of hydrogen-bond acceptors (Lipinski definition) is 1. The Labute approximate surface area is 133 Å². The van der Waals surface area contributed by atoms with E-state index in [9.17, 15) is 0 Å². The molecule has 0 saturated heterocycles. The highest BCUT2D eigenvalue weighted by molar-refractivity contribution is 9.10. The number of para-hydroxylation sites is 1. The first-order valence-corrected chi connectivity index (χ1v) is 7.64. The highest BCUT2D eigenvalue weighted by Crippen LogP contribution is 2.27. The maximum absolute atomic E-state index is 6.31. The van der Waals surface area contributed by atoms with Crippen molar-refractivity contribution in [3.8, 4) is 0 Å². The van der Waals surface area contributed by atoms with Crippen LogP contribution in [0.4, 0.5) is 5.69 Å². The lowest BCUT2D eigenvalue weighted by molar-refractivity contribution is 0.590. The minimum absolute atomic E-state index is 0.143. The minimum Gasteiger partial charge on any atom is -0.235 e. The van der Waals surface area contributed by atoms with Gasteiger partial charge in [0.1, 0.15) is 5.17 Å². The van der Waals surface area contributed by atoms with Crippen molar-refractivity contribution in [3.05, 3.63) is 64.1 Å². The molecule has 104 valence electrons. The molecule has 0 atom stereocenters. The van der Waals surface area contributed by atoms with Crippen molar-refractivity contribution in [2.45, 2.75) is 26.2 Å². The molecule has 2 rings (SSSR count). The van der Waals surface area contributed by atoms with Crippen molar-refractivity contribution >= 4 is 38.4 Å².